The molecule has 4 nitrogen and oxygen atoms in total. The third-order valence-electron chi connectivity index (χ3n) is 4.98. The lowest BCUT2D eigenvalue weighted by atomic mass is 9.94. The summed E-state index contributed by atoms with van der Waals surface area (Å²) in [5.41, 5.74) is 2.06. The van der Waals surface area contributed by atoms with E-state index in [-0.39, 0.29) is 0 Å². The number of hydrogen-bond acceptors (Lipinski definition) is 3. The van der Waals surface area contributed by atoms with Crippen molar-refractivity contribution >= 4 is 11.6 Å². The van der Waals surface area contributed by atoms with Crippen molar-refractivity contribution in [3.05, 3.63) is 16.4 Å². The molecule has 1 aromatic heterocycles. The van der Waals surface area contributed by atoms with E-state index in [4.69, 9.17) is 11.6 Å². The number of aryl methyl sites for hydroxylation is 2. The van der Waals surface area contributed by atoms with Crippen LogP contribution in [-0.4, -0.2) is 39.9 Å². The van der Waals surface area contributed by atoms with Crippen molar-refractivity contribution < 1.29 is 0 Å². The molecule has 2 heterocycles. The average Bonchev–Trinajstić information content (AvgIpc) is 2.72. The van der Waals surface area contributed by atoms with Gasteiger partial charge in [0.25, 0.3) is 0 Å². The molecule has 1 N–H and O–H groups in total. The number of rotatable bonds is 5. The molecule has 0 amide bonds. The van der Waals surface area contributed by atoms with Gasteiger partial charge >= 0.3 is 0 Å². The second kappa shape index (κ2) is 7.12. The maximum atomic E-state index is 6.42. The summed E-state index contributed by atoms with van der Waals surface area (Å²) in [6, 6.07) is 1.16. The smallest absolute Gasteiger partial charge is 0.0860 e. The van der Waals surface area contributed by atoms with Gasteiger partial charge in [-0.05, 0) is 19.3 Å². The first-order valence-electron chi connectivity index (χ1n) is 8.13. The van der Waals surface area contributed by atoms with Crippen LogP contribution in [0.4, 0.5) is 0 Å². The second-order valence-corrected chi connectivity index (χ2v) is 6.74. The zero-order valence-corrected chi connectivity index (χ0v) is 14.7. The minimum Gasteiger partial charge on any atom is -0.311 e. The molecular formula is C16H29ClN4. The monoisotopic (exact) mass is 312 g/mol. The molecular weight excluding hydrogens is 284 g/mol. The van der Waals surface area contributed by atoms with Gasteiger partial charge in [0.05, 0.1) is 16.4 Å². The van der Waals surface area contributed by atoms with Gasteiger partial charge in [-0.1, -0.05) is 38.8 Å². The van der Waals surface area contributed by atoms with Crippen LogP contribution in [0.2, 0.25) is 5.02 Å². The summed E-state index contributed by atoms with van der Waals surface area (Å²) in [6.45, 7) is 11.9. The first-order valence-corrected chi connectivity index (χ1v) is 8.51. The lowest BCUT2D eigenvalue weighted by molar-refractivity contribution is 0.0969. The average molecular weight is 313 g/mol. The van der Waals surface area contributed by atoms with Crippen molar-refractivity contribution in [3.8, 4) is 0 Å². The molecule has 2 rings (SSSR count). The Morgan fingerprint density at radius 3 is 2.67 bits per heavy atom. The highest BCUT2D eigenvalue weighted by Gasteiger charge is 2.30. The van der Waals surface area contributed by atoms with Crippen molar-refractivity contribution in [1.82, 2.24) is 20.0 Å². The summed E-state index contributed by atoms with van der Waals surface area (Å²) in [7, 11) is 1.99. The van der Waals surface area contributed by atoms with Crippen LogP contribution in [0.1, 0.15) is 45.0 Å². The van der Waals surface area contributed by atoms with Gasteiger partial charge in [-0.25, -0.2) is 0 Å². The minimum atomic E-state index is 0.575. The van der Waals surface area contributed by atoms with Gasteiger partial charge in [0.1, 0.15) is 0 Å². The van der Waals surface area contributed by atoms with Crippen LogP contribution in [0.25, 0.3) is 0 Å². The molecule has 120 valence electrons. The van der Waals surface area contributed by atoms with Crippen LogP contribution >= 0.6 is 11.6 Å². The number of piperazine rings is 1. The largest absolute Gasteiger partial charge is 0.311 e. The predicted molar refractivity (Wildman–Crippen MR) is 88.7 cm³/mol. The maximum Gasteiger partial charge on any atom is 0.0860 e. The van der Waals surface area contributed by atoms with E-state index in [2.05, 4.69) is 36.1 Å². The Hall–Kier alpha value is -0.580. The van der Waals surface area contributed by atoms with E-state index in [1.165, 1.54) is 6.42 Å². The fourth-order valence-corrected chi connectivity index (χ4v) is 3.41. The molecule has 1 aliphatic heterocycles. The normalized spacial score (nSPS) is 25.2. The minimum absolute atomic E-state index is 0.575. The summed E-state index contributed by atoms with van der Waals surface area (Å²) in [5.74, 6) is 0.703. The van der Waals surface area contributed by atoms with Gasteiger partial charge in [0.15, 0.2) is 0 Å². The highest BCUT2D eigenvalue weighted by molar-refractivity contribution is 6.31. The van der Waals surface area contributed by atoms with E-state index < -0.39 is 0 Å². The van der Waals surface area contributed by atoms with Crippen molar-refractivity contribution in [3.63, 3.8) is 0 Å². The zero-order chi connectivity index (χ0) is 15.6. The van der Waals surface area contributed by atoms with E-state index in [1.807, 2.05) is 18.7 Å². The molecule has 0 radical (unpaired) electrons. The van der Waals surface area contributed by atoms with Crippen LogP contribution < -0.4 is 5.32 Å². The molecule has 0 bridgehead atoms. The van der Waals surface area contributed by atoms with E-state index >= 15 is 0 Å². The first kappa shape index (κ1) is 16.8. The molecule has 1 aliphatic rings. The molecule has 1 fully saturated rings. The summed E-state index contributed by atoms with van der Waals surface area (Å²) >= 11 is 6.42. The fourth-order valence-electron chi connectivity index (χ4n) is 3.19. The Bertz CT molecular complexity index is 471. The third-order valence-corrected chi connectivity index (χ3v) is 5.47. The fraction of sp³-hybridized carbons (Fsp3) is 0.812. The molecule has 0 aliphatic carbocycles. The van der Waals surface area contributed by atoms with E-state index in [9.17, 15) is 0 Å². The number of hydrogen-bond donors (Lipinski definition) is 1. The summed E-state index contributed by atoms with van der Waals surface area (Å²) in [4.78, 5) is 2.58. The molecule has 0 spiro atoms. The Balaban J connectivity index is 2.14. The van der Waals surface area contributed by atoms with Gasteiger partial charge < -0.3 is 5.32 Å². The van der Waals surface area contributed by atoms with Crippen molar-refractivity contribution in [2.45, 2.75) is 59.2 Å². The Labute approximate surface area is 133 Å². The number of nitrogens with zero attached hydrogens (tertiary/aromatic N) is 3. The van der Waals surface area contributed by atoms with Gasteiger partial charge in [-0.2, -0.15) is 5.10 Å². The molecule has 1 aromatic rings. The molecule has 5 heteroatoms. The van der Waals surface area contributed by atoms with Crippen LogP contribution in [-0.2, 0) is 13.6 Å². The van der Waals surface area contributed by atoms with Crippen LogP contribution in [0.15, 0.2) is 0 Å². The lowest BCUT2D eigenvalue weighted by Crippen LogP contribution is -2.57. The Morgan fingerprint density at radius 1 is 1.43 bits per heavy atom. The van der Waals surface area contributed by atoms with Gasteiger partial charge in [0, 0.05) is 38.8 Å². The lowest BCUT2D eigenvalue weighted by Gasteiger charge is -2.42. The van der Waals surface area contributed by atoms with E-state index in [1.54, 1.807) is 0 Å². The molecule has 0 saturated carbocycles. The Kier molecular flexibility index (Phi) is 5.69. The third kappa shape index (κ3) is 3.61. The van der Waals surface area contributed by atoms with Crippen molar-refractivity contribution in [2.24, 2.45) is 13.0 Å². The van der Waals surface area contributed by atoms with Gasteiger partial charge in [-0.15, -0.1) is 0 Å². The molecule has 1 saturated heterocycles. The highest BCUT2D eigenvalue weighted by Crippen LogP contribution is 2.24. The van der Waals surface area contributed by atoms with Crippen LogP contribution in [0.5, 0.6) is 0 Å². The predicted octanol–water partition coefficient (Wildman–Crippen LogP) is 2.98. The van der Waals surface area contributed by atoms with E-state index in [0.29, 0.717) is 18.0 Å². The number of halogens is 1. The standard InChI is InChI=1S/C16H29ClN4/c1-6-11(3)14-9-21(13(7-2)8-18-14)10-15-16(17)12(4)19-20(15)5/h11,13-14,18H,6-10H2,1-5H3. The van der Waals surface area contributed by atoms with Crippen molar-refractivity contribution in [2.75, 3.05) is 13.1 Å². The van der Waals surface area contributed by atoms with Gasteiger partial charge in [0.2, 0.25) is 0 Å². The number of nitrogens with one attached hydrogen (secondary N) is 1. The second-order valence-electron chi connectivity index (χ2n) is 6.36. The molecule has 3 unspecified atom stereocenters. The zero-order valence-electron chi connectivity index (χ0n) is 14.0. The quantitative estimate of drug-likeness (QED) is 0.907. The Morgan fingerprint density at radius 2 is 2.14 bits per heavy atom. The van der Waals surface area contributed by atoms with Crippen molar-refractivity contribution in [1.29, 1.82) is 0 Å². The molecule has 0 aromatic carbocycles. The van der Waals surface area contributed by atoms with Gasteiger partial charge in [-0.3, -0.25) is 9.58 Å². The molecule has 21 heavy (non-hydrogen) atoms. The summed E-state index contributed by atoms with van der Waals surface area (Å²) in [6.07, 6.45) is 2.38. The SMILES string of the molecule is CCC(C)C1CN(Cc2c(Cl)c(C)nn2C)C(CC)CN1. The highest BCUT2D eigenvalue weighted by atomic mass is 35.5. The maximum absolute atomic E-state index is 6.42. The first-order chi connectivity index (χ1) is 9.97. The topological polar surface area (TPSA) is 33.1 Å². The van der Waals surface area contributed by atoms with E-state index in [0.717, 1.165) is 42.5 Å². The van der Waals surface area contributed by atoms with Crippen LogP contribution in [0.3, 0.4) is 0 Å². The summed E-state index contributed by atoms with van der Waals surface area (Å²) < 4.78 is 1.94. The molecule has 3 atom stereocenters. The van der Waals surface area contributed by atoms with Crippen LogP contribution in [0, 0.1) is 12.8 Å². The number of aromatic nitrogens is 2. The summed E-state index contributed by atoms with van der Waals surface area (Å²) in [5, 5.41) is 8.99.